The first-order chi connectivity index (χ1) is 9.86. The zero-order chi connectivity index (χ0) is 13.8. The third-order valence-electron chi connectivity index (χ3n) is 3.41. The predicted octanol–water partition coefficient (Wildman–Crippen LogP) is 2.69. The SMILES string of the molecule is N#Cc1nccnc1Nc1ccc(N2CCCC2)cc1. The molecule has 5 heteroatoms. The van der Waals surface area contributed by atoms with Crippen molar-refractivity contribution in [1.29, 1.82) is 5.26 Å². The van der Waals surface area contributed by atoms with Crippen LogP contribution in [-0.4, -0.2) is 23.1 Å². The number of anilines is 3. The molecule has 1 aromatic carbocycles. The Kier molecular flexibility index (Phi) is 3.46. The first-order valence-electron chi connectivity index (χ1n) is 6.70. The van der Waals surface area contributed by atoms with Crippen molar-refractivity contribution in [3.8, 4) is 6.07 Å². The minimum Gasteiger partial charge on any atom is -0.372 e. The van der Waals surface area contributed by atoms with Crippen LogP contribution in [0.5, 0.6) is 0 Å². The number of rotatable bonds is 3. The molecule has 1 N–H and O–H groups in total. The van der Waals surface area contributed by atoms with Gasteiger partial charge in [0.15, 0.2) is 11.5 Å². The van der Waals surface area contributed by atoms with E-state index in [4.69, 9.17) is 5.26 Å². The quantitative estimate of drug-likeness (QED) is 0.924. The van der Waals surface area contributed by atoms with Crippen LogP contribution >= 0.6 is 0 Å². The first kappa shape index (κ1) is 12.4. The summed E-state index contributed by atoms with van der Waals surface area (Å²) in [5, 5.41) is 12.1. The standard InChI is InChI=1S/C15H15N5/c16-11-14-15(18-8-7-17-14)19-12-3-5-13(6-4-12)20-9-1-2-10-20/h3-8H,1-2,9-10H2,(H,18,19). The van der Waals surface area contributed by atoms with Gasteiger partial charge in [-0.2, -0.15) is 5.26 Å². The molecular formula is C15H15N5. The van der Waals surface area contributed by atoms with Crippen molar-refractivity contribution in [2.75, 3.05) is 23.3 Å². The van der Waals surface area contributed by atoms with E-state index in [9.17, 15) is 0 Å². The summed E-state index contributed by atoms with van der Waals surface area (Å²) in [7, 11) is 0. The zero-order valence-corrected chi connectivity index (χ0v) is 11.1. The van der Waals surface area contributed by atoms with Crippen LogP contribution in [0.15, 0.2) is 36.7 Å². The van der Waals surface area contributed by atoms with Gasteiger partial charge in [0.2, 0.25) is 0 Å². The third-order valence-corrected chi connectivity index (χ3v) is 3.41. The van der Waals surface area contributed by atoms with Gasteiger partial charge < -0.3 is 10.2 Å². The van der Waals surface area contributed by atoms with Gasteiger partial charge in [-0.3, -0.25) is 0 Å². The average Bonchev–Trinajstić information content (AvgIpc) is 3.03. The van der Waals surface area contributed by atoms with Crippen molar-refractivity contribution >= 4 is 17.2 Å². The van der Waals surface area contributed by atoms with Gasteiger partial charge in [0.25, 0.3) is 0 Å². The maximum absolute atomic E-state index is 8.98. The molecule has 20 heavy (non-hydrogen) atoms. The van der Waals surface area contributed by atoms with Crippen molar-refractivity contribution in [3.05, 3.63) is 42.4 Å². The van der Waals surface area contributed by atoms with E-state index in [-0.39, 0.29) is 0 Å². The second-order valence-electron chi connectivity index (χ2n) is 4.73. The Labute approximate surface area is 117 Å². The molecule has 1 saturated heterocycles. The van der Waals surface area contributed by atoms with Crippen molar-refractivity contribution < 1.29 is 0 Å². The largest absolute Gasteiger partial charge is 0.372 e. The molecule has 0 unspecified atom stereocenters. The first-order valence-corrected chi connectivity index (χ1v) is 6.70. The second kappa shape index (κ2) is 5.57. The third kappa shape index (κ3) is 2.54. The fourth-order valence-corrected chi connectivity index (χ4v) is 2.38. The van der Waals surface area contributed by atoms with Gasteiger partial charge in [0.05, 0.1) is 0 Å². The molecule has 2 heterocycles. The maximum Gasteiger partial charge on any atom is 0.183 e. The van der Waals surface area contributed by atoms with E-state index in [2.05, 4.69) is 32.3 Å². The fraction of sp³-hybridized carbons (Fsp3) is 0.267. The highest BCUT2D eigenvalue weighted by Crippen LogP contribution is 2.23. The highest BCUT2D eigenvalue weighted by atomic mass is 15.1. The summed E-state index contributed by atoms with van der Waals surface area (Å²) >= 11 is 0. The van der Waals surface area contributed by atoms with Crippen LogP contribution in [0.25, 0.3) is 0 Å². The molecule has 0 saturated carbocycles. The van der Waals surface area contributed by atoms with Gasteiger partial charge in [-0.15, -0.1) is 0 Å². The molecule has 1 aromatic heterocycles. The van der Waals surface area contributed by atoms with E-state index in [1.165, 1.54) is 24.7 Å². The lowest BCUT2D eigenvalue weighted by Crippen LogP contribution is -2.17. The number of nitrogens with one attached hydrogen (secondary N) is 1. The molecule has 0 radical (unpaired) electrons. The van der Waals surface area contributed by atoms with E-state index < -0.39 is 0 Å². The Bertz CT molecular complexity index is 623. The van der Waals surface area contributed by atoms with Gasteiger partial charge in [-0.05, 0) is 37.1 Å². The minimum atomic E-state index is 0.302. The molecule has 1 fully saturated rings. The molecule has 100 valence electrons. The highest BCUT2D eigenvalue weighted by Gasteiger charge is 2.12. The molecule has 0 amide bonds. The van der Waals surface area contributed by atoms with E-state index >= 15 is 0 Å². The number of nitriles is 1. The summed E-state index contributed by atoms with van der Waals surface area (Å²) < 4.78 is 0. The van der Waals surface area contributed by atoms with Gasteiger partial charge in [-0.1, -0.05) is 0 Å². The number of benzene rings is 1. The summed E-state index contributed by atoms with van der Waals surface area (Å²) in [5.74, 6) is 0.490. The molecule has 2 aromatic rings. The molecule has 3 rings (SSSR count). The van der Waals surface area contributed by atoms with E-state index in [1.807, 2.05) is 18.2 Å². The van der Waals surface area contributed by atoms with Crippen molar-refractivity contribution in [2.45, 2.75) is 12.8 Å². The Morgan fingerprint density at radius 3 is 2.45 bits per heavy atom. The monoisotopic (exact) mass is 265 g/mol. The van der Waals surface area contributed by atoms with Gasteiger partial charge in [-0.25, -0.2) is 9.97 Å². The molecule has 0 atom stereocenters. The number of hydrogen-bond donors (Lipinski definition) is 1. The molecule has 5 nitrogen and oxygen atoms in total. The summed E-state index contributed by atoms with van der Waals surface area (Å²) in [6, 6.07) is 10.2. The average molecular weight is 265 g/mol. The molecule has 0 bridgehead atoms. The predicted molar refractivity (Wildman–Crippen MR) is 77.9 cm³/mol. The van der Waals surface area contributed by atoms with Gasteiger partial charge in [0, 0.05) is 36.9 Å². The van der Waals surface area contributed by atoms with Crippen LogP contribution in [0.2, 0.25) is 0 Å². The normalized spacial score (nSPS) is 14.1. The summed E-state index contributed by atoms with van der Waals surface area (Å²) in [6.07, 6.45) is 5.62. The molecule has 1 aliphatic rings. The molecule has 0 aliphatic carbocycles. The topological polar surface area (TPSA) is 64.8 Å². The lowest BCUT2D eigenvalue weighted by atomic mass is 10.2. The lowest BCUT2D eigenvalue weighted by Gasteiger charge is -2.17. The maximum atomic E-state index is 8.98. The van der Waals surface area contributed by atoms with E-state index in [0.29, 0.717) is 11.5 Å². The van der Waals surface area contributed by atoms with E-state index in [0.717, 1.165) is 18.8 Å². The molecule has 1 aliphatic heterocycles. The minimum absolute atomic E-state index is 0.302. The van der Waals surface area contributed by atoms with Crippen LogP contribution in [0, 0.1) is 11.3 Å². The second-order valence-corrected chi connectivity index (χ2v) is 4.73. The van der Waals surface area contributed by atoms with Gasteiger partial charge >= 0.3 is 0 Å². The van der Waals surface area contributed by atoms with Crippen LogP contribution < -0.4 is 10.2 Å². The number of aromatic nitrogens is 2. The smallest absolute Gasteiger partial charge is 0.183 e. The Balaban J connectivity index is 1.76. The number of hydrogen-bond acceptors (Lipinski definition) is 5. The van der Waals surface area contributed by atoms with Gasteiger partial charge in [0.1, 0.15) is 6.07 Å². The van der Waals surface area contributed by atoms with Crippen LogP contribution in [0.3, 0.4) is 0 Å². The highest BCUT2D eigenvalue weighted by molar-refractivity contribution is 5.63. The summed E-state index contributed by atoms with van der Waals surface area (Å²) in [6.45, 7) is 2.27. The van der Waals surface area contributed by atoms with Crippen LogP contribution in [-0.2, 0) is 0 Å². The number of nitrogens with zero attached hydrogens (tertiary/aromatic N) is 4. The Morgan fingerprint density at radius 2 is 1.75 bits per heavy atom. The zero-order valence-electron chi connectivity index (χ0n) is 11.1. The summed E-state index contributed by atoms with van der Waals surface area (Å²) in [4.78, 5) is 10.5. The Morgan fingerprint density at radius 1 is 1.05 bits per heavy atom. The van der Waals surface area contributed by atoms with Crippen LogP contribution in [0.4, 0.5) is 17.2 Å². The molecule has 0 spiro atoms. The van der Waals surface area contributed by atoms with Crippen molar-refractivity contribution in [3.63, 3.8) is 0 Å². The Hall–Kier alpha value is -2.61. The fourth-order valence-electron chi connectivity index (χ4n) is 2.38. The lowest BCUT2D eigenvalue weighted by molar-refractivity contribution is 0.949. The van der Waals surface area contributed by atoms with E-state index in [1.54, 1.807) is 6.20 Å². The van der Waals surface area contributed by atoms with Crippen molar-refractivity contribution in [2.24, 2.45) is 0 Å². The summed E-state index contributed by atoms with van der Waals surface area (Å²) in [5.41, 5.74) is 2.45. The molecular weight excluding hydrogens is 250 g/mol. The van der Waals surface area contributed by atoms with Crippen molar-refractivity contribution in [1.82, 2.24) is 9.97 Å². The van der Waals surface area contributed by atoms with Crippen LogP contribution in [0.1, 0.15) is 18.5 Å².